The summed E-state index contributed by atoms with van der Waals surface area (Å²) in [6, 6.07) is 11.9. The molecule has 20 heavy (non-hydrogen) atoms. The first kappa shape index (κ1) is 13.9. The van der Waals surface area contributed by atoms with Crippen molar-refractivity contribution in [2.45, 2.75) is 18.8 Å². The number of carbonyl (C=O) groups is 2. The summed E-state index contributed by atoms with van der Waals surface area (Å²) in [6.45, 7) is 1.77. The molecule has 0 fully saturated rings. The molecule has 0 saturated carbocycles. The molecule has 2 atom stereocenters. The minimum Gasteiger partial charge on any atom is -0.481 e. The van der Waals surface area contributed by atoms with E-state index >= 15 is 0 Å². The molecule has 0 radical (unpaired) electrons. The molecule has 1 aromatic heterocycles. The van der Waals surface area contributed by atoms with Crippen molar-refractivity contribution in [3.63, 3.8) is 0 Å². The molecule has 2 N–H and O–H groups in total. The zero-order valence-electron chi connectivity index (χ0n) is 10.8. The molecule has 0 amide bonds. The van der Waals surface area contributed by atoms with Crippen LogP contribution in [0.1, 0.15) is 40.6 Å². The molecule has 0 saturated heterocycles. The first-order chi connectivity index (χ1) is 9.50. The highest BCUT2D eigenvalue weighted by Crippen LogP contribution is 2.33. The van der Waals surface area contributed by atoms with Gasteiger partial charge in [-0.3, -0.25) is 4.79 Å². The smallest absolute Gasteiger partial charge is 0.371 e. The minimum absolute atomic E-state index is 0.145. The lowest BCUT2D eigenvalue weighted by atomic mass is 9.86. The van der Waals surface area contributed by atoms with Crippen LogP contribution in [0.2, 0.25) is 0 Å². The number of furan rings is 1. The topological polar surface area (TPSA) is 87.7 Å². The lowest BCUT2D eigenvalue weighted by molar-refractivity contribution is -0.139. The van der Waals surface area contributed by atoms with E-state index in [1.54, 1.807) is 6.92 Å². The maximum atomic E-state index is 11.5. The summed E-state index contributed by atoms with van der Waals surface area (Å²) in [5.41, 5.74) is 0.855. The van der Waals surface area contributed by atoms with E-state index in [1.807, 2.05) is 30.3 Å². The summed E-state index contributed by atoms with van der Waals surface area (Å²) in [7, 11) is 0. The number of carboxylic acids is 2. The van der Waals surface area contributed by atoms with Crippen molar-refractivity contribution in [1.29, 1.82) is 0 Å². The first-order valence-corrected chi connectivity index (χ1v) is 6.11. The largest absolute Gasteiger partial charge is 0.481 e. The van der Waals surface area contributed by atoms with Crippen LogP contribution in [0.5, 0.6) is 0 Å². The first-order valence-electron chi connectivity index (χ1n) is 6.11. The summed E-state index contributed by atoms with van der Waals surface area (Å²) in [6.07, 6.45) is 0. The molecule has 0 aliphatic carbocycles. The number of carboxylic acid groups (broad SMARTS) is 2. The van der Waals surface area contributed by atoms with Gasteiger partial charge in [0.1, 0.15) is 11.7 Å². The van der Waals surface area contributed by atoms with Crippen molar-refractivity contribution in [2.24, 2.45) is 0 Å². The fourth-order valence-electron chi connectivity index (χ4n) is 2.17. The van der Waals surface area contributed by atoms with Gasteiger partial charge in [-0.1, -0.05) is 37.3 Å². The number of benzene rings is 1. The summed E-state index contributed by atoms with van der Waals surface area (Å²) >= 11 is 0. The van der Waals surface area contributed by atoms with Crippen LogP contribution in [-0.4, -0.2) is 22.2 Å². The van der Waals surface area contributed by atoms with E-state index in [4.69, 9.17) is 9.52 Å². The van der Waals surface area contributed by atoms with Gasteiger partial charge in [-0.25, -0.2) is 4.79 Å². The minimum atomic E-state index is -1.22. The van der Waals surface area contributed by atoms with Gasteiger partial charge >= 0.3 is 11.9 Å². The van der Waals surface area contributed by atoms with Crippen LogP contribution in [0.15, 0.2) is 46.9 Å². The maximum Gasteiger partial charge on any atom is 0.371 e. The highest BCUT2D eigenvalue weighted by Gasteiger charge is 2.31. The molecule has 0 bridgehead atoms. The van der Waals surface area contributed by atoms with Gasteiger partial charge in [0.15, 0.2) is 0 Å². The molecule has 104 valence electrons. The zero-order valence-corrected chi connectivity index (χ0v) is 10.8. The molecule has 1 aromatic carbocycles. The zero-order chi connectivity index (χ0) is 14.7. The Bertz CT molecular complexity index is 614. The van der Waals surface area contributed by atoms with Gasteiger partial charge in [0.2, 0.25) is 5.76 Å². The van der Waals surface area contributed by atoms with Crippen molar-refractivity contribution in [3.8, 4) is 0 Å². The summed E-state index contributed by atoms with van der Waals surface area (Å²) in [5.74, 6) is -3.63. The lowest BCUT2D eigenvalue weighted by Crippen LogP contribution is -2.17. The SMILES string of the molecule is CC(c1ccccc1)C(C(=O)O)c1ccc(C(=O)O)o1. The highest BCUT2D eigenvalue weighted by molar-refractivity contribution is 5.85. The van der Waals surface area contributed by atoms with Gasteiger partial charge < -0.3 is 14.6 Å². The molecule has 1 heterocycles. The second-order valence-corrected chi connectivity index (χ2v) is 4.52. The Morgan fingerprint density at radius 3 is 2.20 bits per heavy atom. The van der Waals surface area contributed by atoms with Crippen molar-refractivity contribution in [1.82, 2.24) is 0 Å². The van der Waals surface area contributed by atoms with Crippen LogP contribution in [0.4, 0.5) is 0 Å². The Morgan fingerprint density at radius 1 is 1.05 bits per heavy atom. The van der Waals surface area contributed by atoms with Crippen molar-refractivity contribution in [2.75, 3.05) is 0 Å². The monoisotopic (exact) mass is 274 g/mol. The van der Waals surface area contributed by atoms with Gasteiger partial charge in [0.05, 0.1) is 0 Å². The van der Waals surface area contributed by atoms with Crippen LogP contribution < -0.4 is 0 Å². The number of aliphatic carboxylic acids is 1. The van der Waals surface area contributed by atoms with E-state index in [2.05, 4.69) is 0 Å². The molecule has 0 spiro atoms. The predicted octanol–water partition coefficient (Wildman–Crippen LogP) is 2.95. The van der Waals surface area contributed by atoms with E-state index in [9.17, 15) is 14.7 Å². The third-order valence-electron chi connectivity index (χ3n) is 3.24. The quantitative estimate of drug-likeness (QED) is 0.875. The van der Waals surface area contributed by atoms with E-state index in [-0.39, 0.29) is 17.4 Å². The van der Waals surface area contributed by atoms with Gasteiger partial charge in [0, 0.05) is 5.92 Å². The average Bonchev–Trinajstić information content (AvgIpc) is 2.89. The van der Waals surface area contributed by atoms with Crippen molar-refractivity contribution < 1.29 is 24.2 Å². The molecule has 2 aromatic rings. The van der Waals surface area contributed by atoms with Crippen molar-refractivity contribution in [3.05, 3.63) is 59.5 Å². The molecule has 0 aliphatic rings. The molecule has 2 rings (SSSR count). The molecular formula is C15H14O5. The Labute approximate surface area is 115 Å². The van der Waals surface area contributed by atoms with E-state index < -0.39 is 17.9 Å². The Kier molecular flexibility index (Phi) is 3.89. The van der Waals surface area contributed by atoms with E-state index in [0.717, 1.165) is 5.56 Å². The normalized spacial score (nSPS) is 13.7. The molecule has 2 unspecified atom stereocenters. The van der Waals surface area contributed by atoms with Crippen LogP contribution in [-0.2, 0) is 4.79 Å². The third-order valence-corrected chi connectivity index (χ3v) is 3.24. The Hall–Kier alpha value is -2.56. The number of hydrogen-bond acceptors (Lipinski definition) is 3. The lowest BCUT2D eigenvalue weighted by Gasteiger charge is -2.18. The van der Waals surface area contributed by atoms with Crippen molar-refractivity contribution >= 4 is 11.9 Å². The second kappa shape index (κ2) is 5.61. The van der Waals surface area contributed by atoms with Gasteiger partial charge in [0.25, 0.3) is 0 Å². The van der Waals surface area contributed by atoms with Gasteiger partial charge in [-0.05, 0) is 17.7 Å². The molecule has 0 aliphatic heterocycles. The number of aromatic carboxylic acids is 1. The van der Waals surface area contributed by atoms with Crippen LogP contribution in [0.25, 0.3) is 0 Å². The number of hydrogen-bond donors (Lipinski definition) is 2. The average molecular weight is 274 g/mol. The third kappa shape index (κ3) is 2.71. The standard InChI is InChI=1S/C15H14O5/c1-9(10-5-3-2-4-6-10)13(15(18)19)11-7-8-12(20-11)14(16)17/h2-9,13H,1H3,(H,16,17)(H,18,19). The predicted molar refractivity (Wildman–Crippen MR) is 70.9 cm³/mol. The molecule has 5 heteroatoms. The van der Waals surface area contributed by atoms with Crippen LogP contribution in [0, 0.1) is 0 Å². The van der Waals surface area contributed by atoms with Crippen LogP contribution in [0.3, 0.4) is 0 Å². The van der Waals surface area contributed by atoms with E-state index in [1.165, 1.54) is 12.1 Å². The summed E-state index contributed by atoms with van der Waals surface area (Å²) in [5, 5.41) is 18.2. The molecule has 5 nitrogen and oxygen atoms in total. The van der Waals surface area contributed by atoms with Crippen LogP contribution >= 0.6 is 0 Å². The number of rotatable bonds is 5. The van der Waals surface area contributed by atoms with Gasteiger partial charge in [-0.15, -0.1) is 0 Å². The summed E-state index contributed by atoms with van der Waals surface area (Å²) < 4.78 is 5.13. The highest BCUT2D eigenvalue weighted by atomic mass is 16.4. The maximum absolute atomic E-state index is 11.5. The Morgan fingerprint density at radius 2 is 1.70 bits per heavy atom. The molecular weight excluding hydrogens is 260 g/mol. The van der Waals surface area contributed by atoms with E-state index in [0.29, 0.717) is 0 Å². The summed E-state index contributed by atoms with van der Waals surface area (Å²) in [4.78, 5) is 22.3. The Balaban J connectivity index is 2.36. The van der Waals surface area contributed by atoms with Gasteiger partial charge in [-0.2, -0.15) is 0 Å². The fraction of sp³-hybridized carbons (Fsp3) is 0.200. The fourth-order valence-corrected chi connectivity index (χ4v) is 2.17. The second-order valence-electron chi connectivity index (χ2n) is 4.52.